The number of nitrogens with zero attached hydrogens (tertiary/aromatic N) is 1. The Labute approximate surface area is 91.8 Å². The Morgan fingerprint density at radius 2 is 2.07 bits per heavy atom. The molecule has 0 spiro atoms. The zero-order chi connectivity index (χ0) is 11.1. The van der Waals surface area contributed by atoms with Crippen molar-refractivity contribution in [3.63, 3.8) is 0 Å². The molecule has 0 radical (unpaired) electrons. The topological polar surface area (TPSA) is 32.3 Å². The highest BCUT2D eigenvalue weighted by Gasteiger charge is 2.19. The Kier molecular flexibility index (Phi) is 5.12. The second-order valence-corrected chi connectivity index (χ2v) is 3.87. The van der Waals surface area contributed by atoms with E-state index >= 15 is 0 Å². The molecule has 0 bridgehead atoms. The summed E-state index contributed by atoms with van der Waals surface area (Å²) >= 11 is 0. The lowest BCUT2D eigenvalue weighted by molar-refractivity contribution is -0.128. The molecule has 1 rings (SSSR count). The standard InChI is InChI=1S/C12H20N2O/c1-3-6-11(7-4-2)13-10-14-9-5-8-12(14)15/h3-4,11,13H,1-2,5-10H2. The van der Waals surface area contributed by atoms with E-state index in [2.05, 4.69) is 18.5 Å². The van der Waals surface area contributed by atoms with Gasteiger partial charge in [0.2, 0.25) is 5.91 Å². The van der Waals surface area contributed by atoms with E-state index in [0.717, 1.165) is 25.8 Å². The Balaban J connectivity index is 2.28. The van der Waals surface area contributed by atoms with Crippen LogP contribution in [0.2, 0.25) is 0 Å². The molecule has 0 aromatic rings. The number of likely N-dealkylation sites (tertiary alicyclic amines) is 1. The third-order valence-corrected chi connectivity index (χ3v) is 2.64. The summed E-state index contributed by atoms with van der Waals surface area (Å²) in [5.41, 5.74) is 0. The second kappa shape index (κ2) is 6.40. The Morgan fingerprint density at radius 1 is 1.40 bits per heavy atom. The minimum atomic E-state index is 0.262. The van der Waals surface area contributed by atoms with Crippen LogP contribution >= 0.6 is 0 Å². The molecule has 0 atom stereocenters. The van der Waals surface area contributed by atoms with E-state index in [1.165, 1.54) is 0 Å². The summed E-state index contributed by atoms with van der Waals surface area (Å²) < 4.78 is 0. The Hall–Kier alpha value is -1.09. The molecular weight excluding hydrogens is 188 g/mol. The summed E-state index contributed by atoms with van der Waals surface area (Å²) in [5.74, 6) is 0.262. The van der Waals surface area contributed by atoms with Crippen LogP contribution in [0.3, 0.4) is 0 Å². The third-order valence-electron chi connectivity index (χ3n) is 2.64. The molecule has 0 aliphatic carbocycles. The predicted molar refractivity (Wildman–Crippen MR) is 62.4 cm³/mol. The van der Waals surface area contributed by atoms with Gasteiger partial charge in [0.05, 0.1) is 6.67 Å². The van der Waals surface area contributed by atoms with Gasteiger partial charge >= 0.3 is 0 Å². The van der Waals surface area contributed by atoms with Crippen LogP contribution in [0.4, 0.5) is 0 Å². The van der Waals surface area contributed by atoms with E-state index in [1.807, 2.05) is 17.1 Å². The van der Waals surface area contributed by atoms with E-state index in [-0.39, 0.29) is 5.91 Å². The van der Waals surface area contributed by atoms with Crippen molar-refractivity contribution in [3.8, 4) is 0 Å². The summed E-state index contributed by atoms with van der Waals surface area (Å²) in [7, 11) is 0. The van der Waals surface area contributed by atoms with Gasteiger partial charge < -0.3 is 4.90 Å². The van der Waals surface area contributed by atoms with E-state index in [9.17, 15) is 4.79 Å². The second-order valence-electron chi connectivity index (χ2n) is 3.87. The van der Waals surface area contributed by atoms with E-state index in [1.54, 1.807) is 0 Å². The van der Waals surface area contributed by atoms with Gasteiger partial charge in [0, 0.05) is 19.0 Å². The number of carbonyl (C=O) groups excluding carboxylic acids is 1. The summed E-state index contributed by atoms with van der Waals surface area (Å²) in [6.07, 6.45) is 7.31. The number of hydrogen-bond acceptors (Lipinski definition) is 2. The molecule has 1 N–H and O–H groups in total. The largest absolute Gasteiger partial charge is 0.330 e. The molecule has 3 nitrogen and oxygen atoms in total. The van der Waals surface area contributed by atoms with Crippen molar-refractivity contribution < 1.29 is 4.79 Å². The Bertz CT molecular complexity index is 228. The van der Waals surface area contributed by atoms with Crippen LogP contribution in [-0.4, -0.2) is 30.1 Å². The van der Waals surface area contributed by atoms with Crippen LogP contribution in [0.1, 0.15) is 25.7 Å². The quantitative estimate of drug-likeness (QED) is 0.646. The number of nitrogens with one attached hydrogen (secondary N) is 1. The highest BCUT2D eigenvalue weighted by atomic mass is 16.2. The summed E-state index contributed by atoms with van der Waals surface area (Å²) in [4.78, 5) is 13.2. The minimum Gasteiger partial charge on any atom is -0.330 e. The summed E-state index contributed by atoms with van der Waals surface area (Å²) in [6.45, 7) is 8.99. The Morgan fingerprint density at radius 3 is 2.53 bits per heavy atom. The van der Waals surface area contributed by atoms with Crippen molar-refractivity contribution in [2.75, 3.05) is 13.2 Å². The lowest BCUT2D eigenvalue weighted by Crippen LogP contribution is -2.40. The first-order chi connectivity index (χ1) is 7.27. The van der Waals surface area contributed by atoms with Crippen molar-refractivity contribution in [1.29, 1.82) is 0 Å². The number of carbonyl (C=O) groups is 1. The molecule has 0 aromatic carbocycles. The fourth-order valence-corrected chi connectivity index (χ4v) is 1.78. The van der Waals surface area contributed by atoms with Crippen LogP contribution < -0.4 is 5.32 Å². The lowest BCUT2D eigenvalue weighted by Gasteiger charge is -2.21. The van der Waals surface area contributed by atoms with Gasteiger partial charge in [-0.15, -0.1) is 13.2 Å². The maximum absolute atomic E-state index is 11.3. The van der Waals surface area contributed by atoms with Gasteiger partial charge in [0.25, 0.3) is 0 Å². The molecule has 1 aliphatic heterocycles. The van der Waals surface area contributed by atoms with Gasteiger partial charge in [-0.1, -0.05) is 12.2 Å². The highest BCUT2D eigenvalue weighted by molar-refractivity contribution is 5.77. The number of hydrogen-bond donors (Lipinski definition) is 1. The maximum atomic E-state index is 11.3. The van der Waals surface area contributed by atoms with Gasteiger partial charge in [-0.2, -0.15) is 0 Å². The van der Waals surface area contributed by atoms with Crippen molar-refractivity contribution in [2.45, 2.75) is 31.7 Å². The summed E-state index contributed by atoms with van der Waals surface area (Å²) in [6, 6.07) is 0.355. The molecule has 3 heteroatoms. The smallest absolute Gasteiger partial charge is 0.223 e. The average molecular weight is 208 g/mol. The van der Waals surface area contributed by atoms with Gasteiger partial charge in [-0.05, 0) is 19.3 Å². The van der Waals surface area contributed by atoms with Crippen molar-refractivity contribution in [2.24, 2.45) is 0 Å². The zero-order valence-electron chi connectivity index (χ0n) is 9.24. The van der Waals surface area contributed by atoms with E-state index in [4.69, 9.17) is 0 Å². The average Bonchev–Trinajstić information content (AvgIpc) is 2.61. The SMILES string of the molecule is C=CCC(CC=C)NCN1CCCC1=O. The van der Waals surface area contributed by atoms with Crippen LogP contribution in [0.5, 0.6) is 0 Å². The number of amides is 1. The molecule has 0 saturated carbocycles. The van der Waals surface area contributed by atoms with Crippen molar-refractivity contribution >= 4 is 5.91 Å². The fraction of sp³-hybridized carbons (Fsp3) is 0.583. The van der Waals surface area contributed by atoms with Crippen LogP contribution in [0.25, 0.3) is 0 Å². The molecule has 1 saturated heterocycles. The zero-order valence-corrected chi connectivity index (χ0v) is 9.24. The number of rotatable bonds is 7. The first kappa shape index (κ1) is 12.0. The molecule has 1 heterocycles. The molecule has 1 fully saturated rings. The molecule has 0 aromatic heterocycles. The molecule has 15 heavy (non-hydrogen) atoms. The van der Waals surface area contributed by atoms with Gasteiger partial charge in [-0.3, -0.25) is 10.1 Å². The highest BCUT2D eigenvalue weighted by Crippen LogP contribution is 2.08. The van der Waals surface area contributed by atoms with E-state index < -0.39 is 0 Å². The molecule has 1 amide bonds. The molecule has 84 valence electrons. The first-order valence-corrected chi connectivity index (χ1v) is 5.51. The molecule has 0 unspecified atom stereocenters. The van der Waals surface area contributed by atoms with Gasteiger partial charge in [0.1, 0.15) is 0 Å². The van der Waals surface area contributed by atoms with E-state index in [0.29, 0.717) is 19.1 Å². The monoisotopic (exact) mass is 208 g/mol. The summed E-state index contributed by atoms with van der Waals surface area (Å²) in [5, 5.41) is 3.36. The maximum Gasteiger partial charge on any atom is 0.223 e. The lowest BCUT2D eigenvalue weighted by atomic mass is 10.1. The first-order valence-electron chi connectivity index (χ1n) is 5.51. The van der Waals surface area contributed by atoms with Crippen LogP contribution in [0.15, 0.2) is 25.3 Å². The van der Waals surface area contributed by atoms with Gasteiger partial charge in [-0.25, -0.2) is 0 Å². The minimum absolute atomic E-state index is 0.262. The normalized spacial score (nSPS) is 16.1. The fourth-order valence-electron chi connectivity index (χ4n) is 1.78. The van der Waals surface area contributed by atoms with Crippen LogP contribution in [0, 0.1) is 0 Å². The molecular formula is C12H20N2O. The predicted octanol–water partition coefficient (Wildman–Crippen LogP) is 1.68. The van der Waals surface area contributed by atoms with Crippen molar-refractivity contribution in [3.05, 3.63) is 25.3 Å². The molecule has 1 aliphatic rings. The van der Waals surface area contributed by atoms with Gasteiger partial charge in [0.15, 0.2) is 0 Å². The van der Waals surface area contributed by atoms with Crippen molar-refractivity contribution in [1.82, 2.24) is 10.2 Å². The third kappa shape index (κ3) is 3.88. The van der Waals surface area contributed by atoms with Crippen LogP contribution in [-0.2, 0) is 4.79 Å².